The van der Waals surface area contributed by atoms with Crippen molar-refractivity contribution < 1.29 is 9.13 Å². The third-order valence-corrected chi connectivity index (χ3v) is 3.56. The van der Waals surface area contributed by atoms with Gasteiger partial charge in [0.15, 0.2) is 5.06 Å². The third-order valence-electron chi connectivity index (χ3n) is 2.11. The van der Waals surface area contributed by atoms with E-state index in [0.29, 0.717) is 0 Å². The number of aryl methyl sites for hydroxylation is 1. The molecule has 2 aromatic rings. The van der Waals surface area contributed by atoms with Crippen LogP contribution in [0.15, 0.2) is 18.2 Å². The second kappa shape index (κ2) is 4.39. The van der Waals surface area contributed by atoms with Crippen LogP contribution in [0.5, 0.6) is 5.06 Å². The Kier molecular flexibility index (Phi) is 3.12. The van der Waals surface area contributed by atoms with Gasteiger partial charge in [0.25, 0.3) is 0 Å². The predicted octanol–water partition coefficient (Wildman–Crippen LogP) is 3.92. The lowest BCUT2D eigenvalue weighted by Crippen LogP contribution is -1.81. The Bertz CT molecular complexity index is 527. The summed E-state index contributed by atoms with van der Waals surface area (Å²) >= 11 is 7.13. The first-order valence-electron chi connectivity index (χ1n) is 4.58. The maximum absolute atomic E-state index is 13.0. The normalized spacial score (nSPS) is 10.5. The van der Waals surface area contributed by atoms with Crippen molar-refractivity contribution in [2.45, 2.75) is 6.92 Å². The van der Waals surface area contributed by atoms with Gasteiger partial charge < -0.3 is 4.74 Å². The molecular weight excluding hydrogens is 249 g/mol. The van der Waals surface area contributed by atoms with Crippen LogP contribution in [0.2, 0.25) is 5.02 Å². The summed E-state index contributed by atoms with van der Waals surface area (Å²) in [5, 5.41) is 1.64. The van der Waals surface area contributed by atoms with Gasteiger partial charge in [-0.25, -0.2) is 9.37 Å². The largest absolute Gasteiger partial charge is 0.486 e. The maximum Gasteiger partial charge on any atom is 0.197 e. The number of hydrogen-bond donors (Lipinski definition) is 0. The Balaban J connectivity index is 2.46. The van der Waals surface area contributed by atoms with E-state index in [1.807, 2.05) is 6.92 Å². The Morgan fingerprint density at radius 3 is 2.75 bits per heavy atom. The summed E-state index contributed by atoms with van der Waals surface area (Å²) in [4.78, 5) is 4.33. The highest BCUT2D eigenvalue weighted by atomic mass is 35.5. The SMILES string of the molecule is COc1sc(-c2ccc(F)c(Cl)c2)nc1C. The highest BCUT2D eigenvalue weighted by Crippen LogP contribution is 2.34. The van der Waals surface area contributed by atoms with Crippen molar-refractivity contribution in [3.05, 3.63) is 34.7 Å². The molecule has 0 saturated heterocycles. The minimum atomic E-state index is -0.425. The van der Waals surface area contributed by atoms with Crippen LogP contribution < -0.4 is 4.74 Å². The molecule has 2 rings (SSSR count). The Labute approximate surface area is 102 Å². The topological polar surface area (TPSA) is 22.1 Å². The van der Waals surface area contributed by atoms with Crippen LogP contribution in [0.4, 0.5) is 4.39 Å². The molecule has 0 bridgehead atoms. The van der Waals surface area contributed by atoms with Crippen LogP contribution in [0.3, 0.4) is 0 Å². The molecular formula is C11H9ClFNOS. The Hall–Kier alpha value is -1.13. The summed E-state index contributed by atoms with van der Waals surface area (Å²) in [6, 6.07) is 4.55. The van der Waals surface area contributed by atoms with Crippen molar-refractivity contribution in [1.29, 1.82) is 0 Å². The van der Waals surface area contributed by atoms with E-state index >= 15 is 0 Å². The van der Waals surface area contributed by atoms with Crippen LogP contribution in [0.1, 0.15) is 5.69 Å². The zero-order valence-electron chi connectivity index (χ0n) is 8.75. The fraction of sp³-hybridized carbons (Fsp3) is 0.182. The molecule has 0 spiro atoms. The van der Waals surface area contributed by atoms with E-state index in [1.165, 1.54) is 17.4 Å². The van der Waals surface area contributed by atoms with E-state index < -0.39 is 5.82 Å². The fourth-order valence-corrected chi connectivity index (χ4v) is 2.38. The molecule has 0 saturated carbocycles. The maximum atomic E-state index is 13.0. The monoisotopic (exact) mass is 257 g/mol. The molecule has 84 valence electrons. The van der Waals surface area contributed by atoms with Crippen LogP contribution >= 0.6 is 22.9 Å². The molecule has 0 atom stereocenters. The number of aromatic nitrogens is 1. The Morgan fingerprint density at radius 1 is 1.44 bits per heavy atom. The number of hydrogen-bond acceptors (Lipinski definition) is 3. The number of nitrogens with zero attached hydrogens (tertiary/aromatic N) is 1. The van der Waals surface area contributed by atoms with Crippen molar-refractivity contribution in [1.82, 2.24) is 4.98 Å². The molecule has 5 heteroatoms. The van der Waals surface area contributed by atoms with Crippen molar-refractivity contribution in [3.63, 3.8) is 0 Å². The lowest BCUT2D eigenvalue weighted by molar-refractivity contribution is 0.423. The van der Waals surface area contributed by atoms with Gasteiger partial charge in [-0.05, 0) is 25.1 Å². The molecule has 0 N–H and O–H groups in total. The average Bonchev–Trinajstić information content (AvgIpc) is 2.64. The summed E-state index contributed by atoms with van der Waals surface area (Å²) < 4.78 is 18.1. The van der Waals surface area contributed by atoms with Gasteiger partial charge in [0, 0.05) is 5.56 Å². The number of benzene rings is 1. The zero-order chi connectivity index (χ0) is 11.7. The average molecular weight is 258 g/mol. The van der Waals surface area contributed by atoms with E-state index in [9.17, 15) is 4.39 Å². The molecule has 0 aliphatic heterocycles. The van der Waals surface area contributed by atoms with E-state index in [1.54, 1.807) is 19.2 Å². The van der Waals surface area contributed by atoms with Crippen LogP contribution in [0.25, 0.3) is 10.6 Å². The van der Waals surface area contributed by atoms with Gasteiger partial charge in [-0.15, -0.1) is 0 Å². The minimum absolute atomic E-state index is 0.101. The molecule has 0 fully saturated rings. The summed E-state index contributed by atoms with van der Waals surface area (Å²) in [5.74, 6) is -0.425. The molecule has 1 aromatic carbocycles. The highest BCUT2D eigenvalue weighted by Gasteiger charge is 2.11. The standard InChI is InChI=1S/C11H9ClFNOS/c1-6-11(15-2)16-10(14-6)7-3-4-9(13)8(12)5-7/h3-5H,1-2H3. The summed E-state index contributed by atoms with van der Waals surface area (Å²) in [6.45, 7) is 1.87. The molecule has 1 aromatic heterocycles. The van der Waals surface area contributed by atoms with Gasteiger partial charge in [0.05, 0.1) is 17.8 Å². The zero-order valence-corrected chi connectivity index (χ0v) is 10.3. The number of rotatable bonds is 2. The lowest BCUT2D eigenvalue weighted by Gasteiger charge is -1.97. The van der Waals surface area contributed by atoms with Gasteiger partial charge >= 0.3 is 0 Å². The van der Waals surface area contributed by atoms with Crippen LogP contribution in [0, 0.1) is 12.7 Å². The molecule has 0 unspecified atom stereocenters. The van der Waals surface area contributed by atoms with Crippen molar-refractivity contribution in [2.75, 3.05) is 7.11 Å². The minimum Gasteiger partial charge on any atom is -0.486 e. The first kappa shape index (κ1) is 11.4. The van der Waals surface area contributed by atoms with E-state index in [0.717, 1.165) is 21.3 Å². The fourth-order valence-electron chi connectivity index (χ4n) is 1.32. The first-order valence-corrected chi connectivity index (χ1v) is 5.78. The number of thiazole rings is 1. The second-order valence-corrected chi connectivity index (χ2v) is 4.59. The lowest BCUT2D eigenvalue weighted by atomic mass is 10.2. The molecule has 0 aliphatic carbocycles. The van der Waals surface area contributed by atoms with Gasteiger partial charge in [-0.2, -0.15) is 0 Å². The summed E-state index contributed by atoms with van der Waals surface area (Å²) in [5.41, 5.74) is 1.62. The van der Waals surface area contributed by atoms with Crippen LogP contribution in [-0.2, 0) is 0 Å². The smallest absolute Gasteiger partial charge is 0.197 e. The third kappa shape index (κ3) is 2.03. The van der Waals surface area contributed by atoms with E-state index in [2.05, 4.69) is 4.98 Å². The highest BCUT2D eigenvalue weighted by molar-refractivity contribution is 7.17. The van der Waals surface area contributed by atoms with Gasteiger partial charge in [0.2, 0.25) is 0 Å². The Morgan fingerprint density at radius 2 is 2.19 bits per heavy atom. The van der Waals surface area contributed by atoms with Gasteiger partial charge in [-0.1, -0.05) is 22.9 Å². The van der Waals surface area contributed by atoms with E-state index in [-0.39, 0.29) is 5.02 Å². The van der Waals surface area contributed by atoms with Gasteiger partial charge in [0.1, 0.15) is 10.8 Å². The quantitative estimate of drug-likeness (QED) is 0.814. The molecule has 1 heterocycles. The first-order chi connectivity index (χ1) is 7.61. The van der Waals surface area contributed by atoms with Gasteiger partial charge in [-0.3, -0.25) is 0 Å². The molecule has 0 amide bonds. The number of ether oxygens (including phenoxy) is 1. The molecule has 2 nitrogen and oxygen atoms in total. The predicted molar refractivity (Wildman–Crippen MR) is 63.8 cm³/mol. The number of methoxy groups -OCH3 is 1. The molecule has 0 aliphatic rings. The second-order valence-electron chi connectivity index (χ2n) is 3.22. The van der Waals surface area contributed by atoms with E-state index in [4.69, 9.17) is 16.3 Å². The molecule has 0 radical (unpaired) electrons. The summed E-state index contributed by atoms with van der Waals surface area (Å²) in [7, 11) is 1.60. The number of halogens is 2. The molecule has 16 heavy (non-hydrogen) atoms. The van der Waals surface area contributed by atoms with Crippen molar-refractivity contribution >= 4 is 22.9 Å². The summed E-state index contributed by atoms with van der Waals surface area (Å²) in [6.07, 6.45) is 0. The van der Waals surface area contributed by atoms with Crippen molar-refractivity contribution in [3.8, 4) is 15.6 Å². The van der Waals surface area contributed by atoms with Crippen molar-refractivity contribution in [2.24, 2.45) is 0 Å². The van der Waals surface area contributed by atoms with Crippen LogP contribution in [-0.4, -0.2) is 12.1 Å².